The molecule has 0 aliphatic rings. The average Bonchev–Trinajstić information content (AvgIpc) is 2.88. The fourth-order valence-corrected chi connectivity index (χ4v) is 4.63. The highest BCUT2D eigenvalue weighted by Crippen LogP contribution is 2.26. The SMILES string of the molecule is CNC(=O)NC(=O)C(C)OC(=O)c1cccc(S(=O)(=O)N(Cc2ccccc2)c2ccccc2)c1. The van der Waals surface area contributed by atoms with Crippen LogP contribution in [0.2, 0.25) is 0 Å². The van der Waals surface area contributed by atoms with Crippen LogP contribution in [0.25, 0.3) is 0 Å². The van der Waals surface area contributed by atoms with Crippen molar-refractivity contribution in [3.8, 4) is 0 Å². The molecule has 182 valence electrons. The minimum Gasteiger partial charge on any atom is -0.449 e. The molecule has 1 atom stereocenters. The van der Waals surface area contributed by atoms with Crippen LogP contribution in [0.4, 0.5) is 10.5 Å². The first-order valence-electron chi connectivity index (χ1n) is 10.7. The minimum atomic E-state index is -4.08. The van der Waals surface area contributed by atoms with E-state index >= 15 is 0 Å². The summed E-state index contributed by atoms with van der Waals surface area (Å²) in [6.45, 7) is 1.38. The number of sulfonamides is 1. The summed E-state index contributed by atoms with van der Waals surface area (Å²) in [6.07, 6.45) is -1.28. The number of hydrogen-bond donors (Lipinski definition) is 2. The lowest BCUT2D eigenvalue weighted by atomic mass is 10.2. The van der Waals surface area contributed by atoms with Gasteiger partial charge in [0.2, 0.25) is 0 Å². The van der Waals surface area contributed by atoms with Crippen molar-refractivity contribution in [3.05, 3.63) is 96.1 Å². The smallest absolute Gasteiger partial charge is 0.338 e. The molecule has 0 spiro atoms. The van der Waals surface area contributed by atoms with Gasteiger partial charge in [0.25, 0.3) is 15.9 Å². The van der Waals surface area contributed by atoms with Gasteiger partial charge in [0.15, 0.2) is 6.10 Å². The molecule has 3 aromatic rings. The van der Waals surface area contributed by atoms with E-state index in [1.807, 2.05) is 35.6 Å². The summed E-state index contributed by atoms with van der Waals surface area (Å²) in [6, 6.07) is 22.4. The third-order valence-electron chi connectivity index (χ3n) is 4.99. The van der Waals surface area contributed by atoms with Gasteiger partial charge in [-0.05, 0) is 42.8 Å². The van der Waals surface area contributed by atoms with Crippen molar-refractivity contribution in [1.82, 2.24) is 10.6 Å². The van der Waals surface area contributed by atoms with Crippen LogP contribution in [0.3, 0.4) is 0 Å². The molecule has 0 saturated heterocycles. The van der Waals surface area contributed by atoms with Gasteiger partial charge >= 0.3 is 12.0 Å². The first-order valence-corrected chi connectivity index (χ1v) is 12.1. The number of rotatable bonds is 8. The number of esters is 1. The Morgan fingerprint density at radius 3 is 2.17 bits per heavy atom. The molecule has 0 saturated carbocycles. The first kappa shape index (κ1) is 25.4. The van der Waals surface area contributed by atoms with E-state index in [1.165, 1.54) is 42.5 Å². The van der Waals surface area contributed by atoms with Crippen molar-refractivity contribution in [1.29, 1.82) is 0 Å². The number of nitrogens with one attached hydrogen (secondary N) is 2. The monoisotopic (exact) mass is 495 g/mol. The number of anilines is 1. The van der Waals surface area contributed by atoms with E-state index in [1.54, 1.807) is 30.3 Å². The van der Waals surface area contributed by atoms with Gasteiger partial charge in [-0.15, -0.1) is 0 Å². The number of ether oxygens (including phenoxy) is 1. The summed E-state index contributed by atoms with van der Waals surface area (Å²) in [4.78, 5) is 35.8. The molecular formula is C25H25N3O6S. The molecule has 1 unspecified atom stereocenters. The highest BCUT2D eigenvalue weighted by Gasteiger charge is 2.27. The van der Waals surface area contributed by atoms with Gasteiger partial charge in [-0.2, -0.15) is 0 Å². The van der Waals surface area contributed by atoms with Gasteiger partial charge in [-0.3, -0.25) is 14.4 Å². The van der Waals surface area contributed by atoms with Crippen LogP contribution in [-0.4, -0.2) is 39.5 Å². The number of amides is 3. The largest absolute Gasteiger partial charge is 0.449 e. The summed E-state index contributed by atoms with van der Waals surface area (Å²) >= 11 is 0. The van der Waals surface area contributed by atoms with Crippen LogP contribution in [0, 0.1) is 0 Å². The minimum absolute atomic E-state index is 0.0570. The zero-order valence-corrected chi connectivity index (χ0v) is 20.0. The molecule has 35 heavy (non-hydrogen) atoms. The van der Waals surface area contributed by atoms with Crippen molar-refractivity contribution in [3.63, 3.8) is 0 Å². The number of benzene rings is 3. The van der Waals surface area contributed by atoms with E-state index in [9.17, 15) is 22.8 Å². The summed E-state index contributed by atoms with van der Waals surface area (Å²) in [5.41, 5.74) is 1.19. The number of carbonyl (C=O) groups is 3. The molecule has 3 rings (SSSR count). The van der Waals surface area contributed by atoms with Crippen LogP contribution in [0.15, 0.2) is 89.8 Å². The van der Waals surface area contributed by atoms with Gasteiger partial charge in [-0.25, -0.2) is 18.0 Å². The van der Waals surface area contributed by atoms with Crippen molar-refractivity contribution < 1.29 is 27.5 Å². The third kappa shape index (κ3) is 6.45. The van der Waals surface area contributed by atoms with Gasteiger partial charge in [0, 0.05) is 7.05 Å². The van der Waals surface area contributed by atoms with E-state index in [-0.39, 0.29) is 17.0 Å². The quantitative estimate of drug-likeness (QED) is 0.463. The maximum absolute atomic E-state index is 13.7. The Balaban J connectivity index is 1.88. The molecule has 0 aliphatic carbocycles. The number of hydrogen-bond acceptors (Lipinski definition) is 6. The maximum atomic E-state index is 13.7. The summed E-state index contributed by atoms with van der Waals surface area (Å²) in [7, 11) is -2.74. The molecule has 10 heteroatoms. The van der Waals surface area contributed by atoms with Crippen molar-refractivity contribution in [2.24, 2.45) is 0 Å². The van der Waals surface area contributed by atoms with Gasteiger partial charge in [0.1, 0.15) is 0 Å². The van der Waals surface area contributed by atoms with Gasteiger partial charge < -0.3 is 10.1 Å². The van der Waals surface area contributed by atoms with Gasteiger partial charge in [-0.1, -0.05) is 54.6 Å². The molecule has 0 aromatic heterocycles. The van der Waals surface area contributed by atoms with Crippen LogP contribution >= 0.6 is 0 Å². The fourth-order valence-electron chi connectivity index (χ4n) is 3.13. The van der Waals surface area contributed by atoms with Crippen molar-refractivity contribution >= 4 is 33.6 Å². The van der Waals surface area contributed by atoms with E-state index in [4.69, 9.17) is 4.74 Å². The lowest BCUT2D eigenvalue weighted by Gasteiger charge is -2.25. The molecule has 0 aliphatic heterocycles. The first-order chi connectivity index (χ1) is 16.7. The standard InChI is InChI=1S/C25H25N3O6S/c1-18(23(29)27-25(31)26-2)34-24(30)20-12-9-15-22(16-20)35(32,33)28(21-13-7-4-8-14-21)17-19-10-5-3-6-11-19/h3-16,18H,17H2,1-2H3,(H2,26,27,29,31). The number of nitrogens with zero attached hydrogens (tertiary/aromatic N) is 1. The predicted molar refractivity (Wildman–Crippen MR) is 130 cm³/mol. The highest BCUT2D eigenvalue weighted by atomic mass is 32.2. The number of carbonyl (C=O) groups excluding carboxylic acids is 3. The third-order valence-corrected chi connectivity index (χ3v) is 6.76. The zero-order chi connectivity index (χ0) is 25.4. The van der Waals surface area contributed by atoms with E-state index in [0.717, 1.165) is 5.56 Å². The van der Waals surface area contributed by atoms with Crippen LogP contribution in [0.5, 0.6) is 0 Å². The molecule has 0 fully saturated rings. The molecule has 3 amide bonds. The van der Waals surface area contributed by atoms with Crippen molar-refractivity contribution in [2.75, 3.05) is 11.4 Å². The Morgan fingerprint density at radius 2 is 1.54 bits per heavy atom. The Hall–Kier alpha value is -4.18. The Morgan fingerprint density at radius 1 is 0.914 bits per heavy atom. The topological polar surface area (TPSA) is 122 Å². The second kappa shape index (κ2) is 11.3. The molecular weight excluding hydrogens is 470 g/mol. The second-order valence-corrected chi connectivity index (χ2v) is 9.34. The molecule has 2 N–H and O–H groups in total. The van der Waals surface area contributed by atoms with Crippen molar-refractivity contribution in [2.45, 2.75) is 24.5 Å². The summed E-state index contributed by atoms with van der Waals surface area (Å²) in [5, 5.41) is 4.23. The maximum Gasteiger partial charge on any atom is 0.338 e. The number of urea groups is 1. The molecule has 0 heterocycles. The van der Waals surface area contributed by atoms with Crippen LogP contribution < -0.4 is 14.9 Å². The molecule has 3 aromatic carbocycles. The normalized spacial score (nSPS) is 11.7. The lowest BCUT2D eigenvalue weighted by molar-refractivity contribution is -0.127. The Labute approximate surface area is 203 Å². The second-order valence-electron chi connectivity index (χ2n) is 7.48. The lowest BCUT2D eigenvalue weighted by Crippen LogP contribution is -2.43. The predicted octanol–water partition coefficient (Wildman–Crippen LogP) is 3.08. The summed E-state index contributed by atoms with van der Waals surface area (Å²) < 4.78 is 33.7. The van der Waals surface area contributed by atoms with E-state index in [0.29, 0.717) is 5.69 Å². The number of imide groups is 1. The fraction of sp³-hybridized carbons (Fsp3) is 0.160. The zero-order valence-electron chi connectivity index (χ0n) is 19.2. The van der Waals surface area contributed by atoms with E-state index in [2.05, 4.69) is 5.32 Å². The number of para-hydroxylation sites is 1. The van der Waals surface area contributed by atoms with Gasteiger partial charge in [0.05, 0.1) is 22.7 Å². The molecule has 9 nitrogen and oxygen atoms in total. The van der Waals surface area contributed by atoms with E-state index < -0.39 is 34.0 Å². The molecule has 0 bridgehead atoms. The average molecular weight is 496 g/mol. The Bertz CT molecular complexity index is 1300. The Kier molecular flexibility index (Phi) is 8.21. The highest BCUT2D eigenvalue weighted by molar-refractivity contribution is 7.92. The summed E-state index contributed by atoms with van der Waals surface area (Å²) in [5.74, 6) is -1.73. The molecule has 0 radical (unpaired) electrons. The van der Waals surface area contributed by atoms with Crippen LogP contribution in [0.1, 0.15) is 22.8 Å². The van der Waals surface area contributed by atoms with Crippen LogP contribution in [-0.2, 0) is 26.1 Å².